The molecule has 0 saturated heterocycles. The molecule has 1 amide bonds. The normalized spacial score (nSPS) is 21.3. The Morgan fingerprint density at radius 2 is 1.87 bits per heavy atom. The molecule has 3 aromatic rings. The van der Waals surface area contributed by atoms with Gasteiger partial charge in [0.1, 0.15) is 11.6 Å². The van der Waals surface area contributed by atoms with Gasteiger partial charge in [-0.3, -0.25) is 9.59 Å². The number of Topliss-reactive ketones (excluding diaryl/α,β-unsaturated/α-hetero) is 1. The van der Waals surface area contributed by atoms with Gasteiger partial charge in [-0.1, -0.05) is 23.4 Å². The molecule has 2 aliphatic rings. The van der Waals surface area contributed by atoms with Gasteiger partial charge < -0.3 is 24.0 Å². The second kappa shape index (κ2) is 7.02. The van der Waals surface area contributed by atoms with E-state index in [9.17, 15) is 9.59 Å². The third-order valence-electron chi connectivity index (χ3n) is 5.59. The van der Waals surface area contributed by atoms with Gasteiger partial charge in [-0.15, -0.1) is 0 Å². The van der Waals surface area contributed by atoms with Crippen molar-refractivity contribution in [2.75, 3.05) is 19.5 Å². The third kappa shape index (κ3) is 2.64. The van der Waals surface area contributed by atoms with E-state index in [4.69, 9.17) is 18.7 Å². The largest absolute Gasteiger partial charge is 0.493 e. The van der Waals surface area contributed by atoms with E-state index >= 15 is 0 Å². The Labute approximate surface area is 177 Å². The number of anilines is 1. The van der Waals surface area contributed by atoms with E-state index in [1.165, 1.54) is 20.5 Å². The molecule has 1 N–H and O–H groups in total. The van der Waals surface area contributed by atoms with Gasteiger partial charge in [-0.05, 0) is 36.4 Å². The molecule has 0 aliphatic carbocycles. The Bertz CT molecular complexity index is 1220. The number of hydrogen-bond donors (Lipinski definition) is 1. The van der Waals surface area contributed by atoms with Crippen LogP contribution < -0.4 is 14.8 Å². The van der Waals surface area contributed by atoms with Crippen LogP contribution in [0.1, 0.15) is 21.7 Å². The molecule has 0 fully saturated rings. The fraction of sp³-hybridized carbons (Fsp3) is 0.174. The summed E-state index contributed by atoms with van der Waals surface area (Å²) in [6.07, 6.45) is 1.41. The van der Waals surface area contributed by atoms with Crippen LogP contribution in [-0.4, -0.2) is 31.6 Å². The van der Waals surface area contributed by atoms with Crippen molar-refractivity contribution in [2.24, 2.45) is 11.1 Å². The first-order chi connectivity index (χ1) is 15.1. The highest BCUT2D eigenvalue weighted by Gasteiger charge is 2.63. The minimum absolute atomic E-state index is 0.111. The third-order valence-corrected chi connectivity index (χ3v) is 5.59. The molecule has 31 heavy (non-hydrogen) atoms. The Morgan fingerprint density at radius 3 is 2.61 bits per heavy atom. The predicted molar refractivity (Wildman–Crippen MR) is 110 cm³/mol. The van der Waals surface area contributed by atoms with E-state index in [0.717, 1.165) is 0 Å². The van der Waals surface area contributed by atoms with Crippen molar-refractivity contribution in [3.05, 3.63) is 77.7 Å². The van der Waals surface area contributed by atoms with Crippen molar-refractivity contribution >= 4 is 23.1 Å². The minimum atomic E-state index is -1.64. The highest BCUT2D eigenvalue weighted by atomic mass is 16.7. The lowest BCUT2D eigenvalue weighted by Gasteiger charge is -2.26. The van der Waals surface area contributed by atoms with E-state index in [0.29, 0.717) is 34.0 Å². The lowest BCUT2D eigenvalue weighted by atomic mass is 9.75. The van der Waals surface area contributed by atoms with Crippen molar-refractivity contribution < 1.29 is 28.3 Å². The molecule has 156 valence electrons. The van der Waals surface area contributed by atoms with E-state index in [2.05, 4.69) is 10.5 Å². The first-order valence-corrected chi connectivity index (χ1v) is 9.57. The van der Waals surface area contributed by atoms with Crippen molar-refractivity contribution in [3.8, 4) is 11.5 Å². The lowest BCUT2D eigenvalue weighted by molar-refractivity contribution is -0.140. The van der Waals surface area contributed by atoms with Gasteiger partial charge in [0.2, 0.25) is 5.78 Å². The van der Waals surface area contributed by atoms with Crippen LogP contribution in [-0.2, 0) is 15.2 Å². The van der Waals surface area contributed by atoms with Crippen molar-refractivity contribution in [1.82, 2.24) is 0 Å². The number of benzene rings is 2. The molecule has 0 radical (unpaired) electrons. The van der Waals surface area contributed by atoms with Crippen molar-refractivity contribution in [3.63, 3.8) is 0 Å². The molecular formula is C23H18N2O6. The number of furan rings is 1. The maximum atomic E-state index is 13.6. The Kier molecular flexibility index (Phi) is 4.28. The number of oxime groups is 1. The first kappa shape index (κ1) is 18.9. The smallest absolute Gasteiger partial charge is 0.277 e. The summed E-state index contributed by atoms with van der Waals surface area (Å²) in [6.45, 7) is 0. The molecule has 0 bridgehead atoms. The molecule has 0 saturated carbocycles. The molecule has 1 aromatic heterocycles. The average Bonchev–Trinajstić information content (AvgIpc) is 3.53. The number of methoxy groups -OCH3 is 2. The molecule has 8 heteroatoms. The number of nitrogens with zero attached hydrogens (tertiary/aromatic N) is 1. The van der Waals surface area contributed by atoms with E-state index in [1.54, 1.807) is 54.6 Å². The number of carbonyl (C=O) groups excluding carboxylic acids is 2. The van der Waals surface area contributed by atoms with E-state index in [1.807, 2.05) is 0 Å². The topological polar surface area (TPSA) is 99.4 Å². The molecular weight excluding hydrogens is 400 g/mol. The first-order valence-electron chi connectivity index (χ1n) is 9.57. The zero-order valence-electron chi connectivity index (χ0n) is 16.7. The number of fused-ring (bicyclic) bond motifs is 2. The molecule has 8 nitrogen and oxygen atoms in total. The second-order valence-electron chi connectivity index (χ2n) is 7.15. The Balaban J connectivity index is 1.68. The van der Waals surface area contributed by atoms with Crippen LogP contribution in [0.25, 0.3) is 0 Å². The van der Waals surface area contributed by atoms with Gasteiger partial charge in [0.25, 0.3) is 11.5 Å². The molecule has 2 atom stereocenters. The zero-order valence-corrected chi connectivity index (χ0v) is 16.7. The Hall–Kier alpha value is -4.07. The number of ether oxygens (including phenoxy) is 2. The number of hydrogen-bond acceptors (Lipinski definition) is 7. The van der Waals surface area contributed by atoms with Gasteiger partial charge in [0.05, 0.1) is 20.5 Å². The van der Waals surface area contributed by atoms with Crippen molar-refractivity contribution in [2.45, 2.75) is 5.60 Å². The Morgan fingerprint density at radius 1 is 1.06 bits per heavy atom. The maximum Gasteiger partial charge on any atom is 0.277 e. The highest BCUT2D eigenvalue weighted by molar-refractivity contribution is 6.24. The number of ketones is 1. The summed E-state index contributed by atoms with van der Waals surface area (Å²) in [4.78, 5) is 32.6. The summed E-state index contributed by atoms with van der Waals surface area (Å²) in [6, 6.07) is 15.4. The molecule has 0 unspecified atom stereocenters. The fourth-order valence-corrected chi connectivity index (χ4v) is 4.13. The lowest BCUT2D eigenvalue weighted by Crippen LogP contribution is -2.46. The minimum Gasteiger partial charge on any atom is -0.493 e. The summed E-state index contributed by atoms with van der Waals surface area (Å²) < 4.78 is 16.1. The SMILES string of the molecule is COc1ccc(C2=NO[C@]3(C(=O)Nc4ccccc43)[C@@H]2C(=O)c2ccco2)cc1OC. The zero-order chi connectivity index (χ0) is 21.6. The maximum absolute atomic E-state index is 13.6. The molecule has 3 heterocycles. The highest BCUT2D eigenvalue weighted by Crippen LogP contribution is 2.50. The van der Waals surface area contributed by atoms with Crippen LogP contribution in [0.3, 0.4) is 0 Å². The summed E-state index contributed by atoms with van der Waals surface area (Å²) in [5, 5.41) is 7.04. The number of rotatable bonds is 5. The number of para-hydroxylation sites is 1. The standard InChI is InChI=1S/C23H18N2O6/c1-28-16-10-9-13(12-18(16)29-2)20-19(21(26)17-8-5-11-30-17)23(31-25-20)14-6-3-4-7-15(14)24-22(23)27/h3-12,19H,1-2H3,(H,24,27)/t19-,23-/m0/s1. The number of carbonyl (C=O) groups is 2. The van der Waals surface area contributed by atoms with Crippen LogP contribution in [0.15, 0.2) is 70.4 Å². The van der Waals surface area contributed by atoms with E-state index < -0.39 is 23.2 Å². The number of amides is 1. The van der Waals surface area contributed by atoms with Crippen molar-refractivity contribution in [1.29, 1.82) is 0 Å². The summed E-state index contributed by atoms with van der Waals surface area (Å²) >= 11 is 0. The molecule has 1 spiro atoms. The van der Waals surface area contributed by atoms with Gasteiger partial charge in [-0.25, -0.2) is 0 Å². The fourth-order valence-electron chi connectivity index (χ4n) is 4.13. The summed E-state index contributed by atoms with van der Waals surface area (Å²) in [5.41, 5.74) is 0.353. The van der Waals surface area contributed by atoms with Gasteiger partial charge >= 0.3 is 0 Å². The van der Waals surface area contributed by atoms with Crippen LogP contribution in [0.4, 0.5) is 5.69 Å². The van der Waals surface area contributed by atoms with E-state index in [-0.39, 0.29) is 5.76 Å². The molecule has 2 aliphatic heterocycles. The van der Waals surface area contributed by atoms with Gasteiger partial charge in [-0.2, -0.15) is 0 Å². The number of nitrogens with one attached hydrogen (secondary N) is 1. The molecule has 2 aromatic carbocycles. The predicted octanol–water partition coefficient (Wildman–Crippen LogP) is 3.38. The summed E-state index contributed by atoms with van der Waals surface area (Å²) in [7, 11) is 3.05. The average molecular weight is 418 g/mol. The van der Waals surface area contributed by atoms with Crippen LogP contribution in [0, 0.1) is 5.92 Å². The van der Waals surface area contributed by atoms with Gasteiger partial charge in [0.15, 0.2) is 17.3 Å². The van der Waals surface area contributed by atoms with Crippen LogP contribution in [0.5, 0.6) is 11.5 Å². The summed E-state index contributed by atoms with van der Waals surface area (Å²) in [5.74, 6) is -0.844. The molecule has 5 rings (SSSR count). The second-order valence-corrected chi connectivity index (χ2v) is 7.15. The van der Waals surface area contributed by atoms with Gasteiger partial charge in [0, 0.05) is 16.8 Å². The van der Waals surface area contributed by atoms with Crippen LogP contribution >= 0.6 is 0 Å². The monoisotopic (exact) mass is 418 g/mol. The quantitative estimate of drug-likeness (QED) is 0.638. The van der Waals surface area contributed by atoms with Crippen LogP contribution in [0.2, 0.25) is 0 Å².